The summed E-state index contributed by atoms with van der Waals surface area (Å²) >= 11 is 0. The maximum Gasteiger partial charge on any atom is 0.147 e. The van der Waals surface area contributed by atoms with Crippen molar-refractivity contribution >= 4 is 0 Å². The van der Waals surface area contributed by atoms with Crippen LogP contribution in [0.5, 0.6) is 11.5 Å². The molecular weight excluding hydrogens is 468 g/mol. The number of methoxy groups -OCH3 is 2. The number of hydrogen-bond acceptors (Lipinski definition) is 10. The van der Waals surface area contributed by atoms with Crippen molar-refractivity contribution in [3.63, 3.8) is 0 Å². The van der Waals surface area contributed by atoms with E-state index in [0.717, 1.165) is 0 Å². The molecule has 0 heterocycles. The van der Waals surface area contributed by atoms with Gasteiger partial charge in [-0.15, -0.1) is 0 Å². The Morgan fingerprint density at radius 2 is 0.972 bits per heavy atom. The number of benzene rings is 2. The highest BCUT2D eigenvalue weighted by Gasteiger charge is 2.35. The first-order valence-electron chi connectivity index (χ1n) is 11.9. The molecule has 0 fully saturated rings. The van der Waals surface area contributed by atoms with E-state index in [4.69, 9.17) is 49.4 Å². The summed E-state index contributed by atoms with van der Waals surface area (Å²) in [6.45, 7) is 1.91. The van der Waals surface area contributed by atoms with E-state index < -0.39 is 24.3 Å². The van der Waals surface area contributed by atoms with E-state index in [1.165, 1.54) is 0 Å². The van der Waals surface area contributed by atoms with E-state index in [1.54, 1.807) is 14.2 Å². The molecule has 0 saturated carbocycles. The molecule has 0 aliphatic carbocycles. The highest BCUT2D eigenvalue weighted by Crippen LogP contribution is 2.17. The average molecular weight is 509 g/mol. The van der Waals surface area contributed by atoms with E-state index in [9.17, 15) is 0 Å². The van der Waals surface area contributed by atoms with Crippen molar-refractivity contribution in [3.8, 4) is 11.5 Å². The molecule has 2 rings (SSSR count). The molecule has 2 aromatic carbocycles. The molecule has 0 spiro atoms. The second kappa shape index (κ2) is 18.9. The monoisotopic (exact) mass is 508 g/mol. The highest BCUT2D eigenvalue weighted by molar-refractivity contribution is 5.21. The van der Waals surface area contributed by atoms with Crippen LogP contribution in [0.25, 0.3) is 0 Å². The Morgan fingerprint density at radius 1 is 0.583 bits per heavy atom. The van der Waals surface area contributed by atoms with Crippen LogP contribution in [0.2, 0.25) is 0 Å². The Bertz CT molecular complexity index is 706. The zero-order chi connectivity index (χ0) is 25.8. The number of rotatable bonds is 21. The van der Waals surface area contributed by atoms with Gasteiger partial charge in [0.2, 0.25) is 0 Å². The molecule has 0 radical (unpaired) electrons. The number of nitrogens with two attached hydrogens (primary N) is 2. The lowest BCUT2D eigenvalue weighted by Crippen LogP contribution is -2.57. The fourth-order valence-electron chi connectivity index (χ4n) is 3.19. The van der Waals surface area contributed by atoms with Gasteiger partial charge in [-0.3, -0.25) is 0 Å². The fourth-order valence-corrected chi connectivity index (χ4v) is 3.19. The summed E-state index contributed by atoms with van der Waals surface area (Å²) in [4.78, 5) is 0. The molecule has 4 atom stereocenters. The first kappa shape index (κ1) is 29.9. The van der Waals surface area contributed by atoms with Gasteiger partial charge in [-0.05, 0) is 24.3 Å². The van der Waals surface area contributed by atoms with Crippen molar-refractivity contribution in [1.82, 2.24) is 0 Å². The van der Waals surface area contributed by atoms with E-state index >= 15 is 0 Å². The molecule has 4 N–H and O–H groups in total. The number of hydrogen-bond donors (Lipinski definition) is 2. The lowest BCUT2D eigenvalue weighted by Gasteiger charge is -2.34. The first-order chi connectivity index (χ1) is 17.7. The maximum absolute atomic E-state index is 6.54. The predicted octanol–water partition coefficient (Wildman–Crippen LogP) is 1.81. The molecule has 36 heavy (non-hydrogen) atoms. The Kier molecular flexibility index (Phi) is 15.7. The van der Waals surface area contributed by atoms with Crippen molar-refractivity contribution < 1.29 is 37.9 Å². The Hall–Kier alpha value is -2.28. The minimum Gasteiger partial charge on any atom is -0.492 e. The van der Waals surface area contributed by atoms with Crippen LogP contribution < -0.4 is 20.9 Å². The van der Waals surface area contributed by atoms with Crippen LogP contribution in [0, 0.1) is 0 Å². The smallest absolute Gasteiger partial charge is 0.147 e. The van der Waals surface area contributed by atoms with Crippen LogP contribution in [0.3, 0.4) is 0 Å². The Labute approximate surface area is 213 Å². The molecule has 10 nitrogen and oxygen atoms in total. The third-order valence-electron chi connectivity index (χ3n) is 5.09. The third-order valence-corrected chi connectivity index (χ3v) is 5.09. The van der Waals surface area contributed by atoms with Crippen LogP contribution in [0.1, 0.15) is 0 Å². The second-order valence-corrected chi connectivity index (χ2v) is 7.88. The molecule has 202 valence electrons. The van der Waals surface area contributed by atoms with Crippen molar-refractivity contribution in [2.75, 3.05) is 67.4 Å². The van der Waals surface area contributed by atoms with Gasteiger partial charge in [-0.25, -0.2) is 0 Å². The highest BCUT2D eigenvalue weighted by atomic mass is 16.7. The molecule has 0 bridgehead atoms. The minimum absolute atomic E-state index is 0.0241. The fraction of sp³-hybridized carbons (Fsp3) is 0.538. The van der Waals surface area contributed by atoms with Gasteiger partial charge in [0.25, 0.3) is 0 Å². The van der Waals surface area contributed by atoms with E-state index in [1.807, 2.05) is 60.7 Å². The lowest BCUT2D eigenvalue weighted by atomic mass is 10.0. The molecule has 0 saturated heterocycles. The molecule has 0 unspecified atom stereocenters. The summed E-state index contributed by atoms with van der Waals surface area (Å²) in [5.41, 5.74) is 13.1. The van der Waals surface area contributed by atoms with E-state index in [0.29, 0.717) is 37.9 Å². The summed E-state index contributed by atoms with van der Waals surface area (Å²) in [5, 5.41) is 0. The van der Waals surface area contributed by atoms with Gasteiger partial charge < -0.3 is 49.4 Å². The summed E-state index contributed by atoms with van der Waals surface area (Å²) in [7, 11) is 3.20. The quantitative estimate of drug-likeness (QED) is 0.190. The zero-order valence-electron chi connectivity index (χ0n) is 21.2. The molecule has 10 heteroatoms. The maximum atomic E-state index is 6.54. The third kappa shape index (κ3) is 12.1. The summed E-state index contributed by atoms with van der Waals surface area (Å²) in [6.07, 6.45) is -1.37. The van der Waals surface area contributed by atoms with Crippen LogP contribution in [-0.2, 0) is 28.4 Å². The number of ether oxygens (including phenoxy) is 8. The predicted molar refractivity (Wildman–Crippen MR) is 135 cm³/mol. The first-order valence-corrected chi connectivity index (χ1v) is 11.9. The SMILES string of the molecule is COCCOCO[C@H]([C@@H](OCOCCOC)[C@@H](N)COc1ccccc1)[C@@H](N)COc1ccccc1. The van der Waals surface area contributed by atoms with Gasteiger partial charge in [0.1, 0.15) is 50.5 Å². The average Bonchev–Trinajstić information content (AvgIpc) is 2.92. The van der Waals surface area contributed by atoms with Crippen molar-refractivity contribution in [2.45, 2.75) is 24.3 Å². The van der Waals surface area contributed by atoms with Crippen LogP contribution in [-0.4, -0.2) is 91.7 Å². The molecule has 0 aliphatic rings. The summed E-state index contributed by atoms with van der Waals surface area (Å²) < 4.78 is 44.9. The molecular formula is C26H40N2O8. The standard InChI is InChI=1S/C26H40N2O8/c1-29-13-15-31-19-35-25(23(27)17-33-21-9-5-3-6-10-21)26(36-20-32-16-14-30-2)24(28)18-34-22-11-7-4-8-12-22/h3-12,23-26H,13-20,27-28H2,1-2H3/t23-,24-,25-,26-/m0/s1. The minimum atomic E-state index is -0.684. The van der Waals surface area contributed by atoms with Crippen LogP contribution in [0.15, 0.2) is 60.7 Å². The summed E-state index contributed by atoms with van der Waals surface area (Å²) in [5.74, 6) is 1.39. The second-order valence-electron chi connectivity index (χ2n) is 7.88. The Morgan fingerprint density at radius 3 is 1.33 bits per heavy atom. The van der Waals surface area contributed by atoms with Crippen LogP contribution >= 0.6 is 0 Å². The lowest BCUT2D eigenvalue weighted by molar-refractivity contribution is -0.184. The molecule has 2 aromatic rings. The largest absolute Gasteiger partial charge is 0.492 e. The zero-order valence-corrected chi connectivity index (χ0v) is 21.2. The van der Waals surface area contributed by atoms with Gasteiger partial charge in [0.15, 0.2) is 0 Å². The number of para-hydroxylation sites is 2. The molecule has 0 aliphatic heterocycles. The topological polar surface area (TPSA) is 126 Å². The van der Waals surface area contributed by atoms with Gasteiger partial charge in [0, 0.05) is 14.2 Å². The van der Waals surface area contributed by atoms with Gasteiger partial charge in [-0.1, -0.05) is 36.4 Å². The van der Waals surface area contributed by atoms with Crippen LogP contribution in [0.4, 0.5) is 0 Å². The van der Waals surface area contributed by atoms with Crippen molar-refractivity contribution in [3.05, 3.63) is 60.7 Å². The molecule has 0 aromatic heterocycles. The van der Waals surface area contributed by atoms with Crippen molar-refractivity contribution in [1.29, 1.82) is 0 Å². The summed E-state index contributed by atoms with van der Waals surface area (Å²) in [6, 6.07) is 17.6. The Balaban J connectivity index is 2.08. The molecule has 0 amide bonds. The van der Waals surface area contributed by atoms with Crippen molar-refractivity contribution in [2.24, 2.45) is 11.5 Å². The van der Waals surface area contributed by atoms with E-state index in [-0.39, 0.29) is 26.8 Å². The van der Waals surface area contributed by atoms with Gasteiger partial charge in [-0.2, -0.15) is 0 Å². The van der Waals surface area contributed by atoms with E-state index in [2.05, 4.69) is 0 Å². The van der Waals surface area contributed by atoms with Gasteiger partial charge in [0.05, 0.1) is 38.5 Å². The van der Waals surface area contributed by atoms with Gasteiger partial charge >= 0.3 is 0 Å². The normalized spacial score (nSPS) is 14.7.